The lowest BCUT2D eigenvalue weighted by Crippen LogP contribution is -2.25. The van der Waals surface area contributed by atoms with Gasteiger partial charge >= 0.3 is 0 Å². The molecule has 1 fully saturated rings. The van der Waals surface area contributed by atoms with E-state index in [-0.39, 0.29) is 16.9 Å². The third-order valence-electron chi connectivity index (χ3n) is 3.66. The van der Waals surface area contributed by atoms with Gasteiger partial charge in [-0.2, -0.15) is 0 Å². The predicted molar refractivity (Wildman–Crippen MR) is 81.9 cm³/mol. The van der Waals surface area contributed by atoms with Gasteiger partial charge in [0.05, 0.1) is 18.4 Å². The topological polar surface area (TPSA) is 54.7 Å². The van der Waals surface area contributed by atoms with E-state index in [9.17, 15) is 9.59 Å². The van der Waals surface area contributed by atoms with Crippen molar-refractivity contribution in [3.05, 3.63) is 36.3 Å². The summed E-state index contributed by atoms with van der Waals surface area (Å²) in [4.78, 5) is 29.3. The quantitative estimate of drug-likeness (QED) is 0.866. The third kappa shape index (κ3) is 3.10. The molecule has 3 heterocycles. The van der Waals surface area contributed by atoms with Gasteiger partial charge in [-0.05, 0) is 18.1 Å². The molecule has 1 saturated heterocycles. The summed E-state index contributed by atoms with van der Waals surface area (Å²) in [7, 11) is 0. The summed E-state index contributed by atoms with van der Waals surface area (Å²) in [6.45, 7) is 2.86. The zero-order chi connectivity index (χ0) is 14.8. The molecule has 110 valence electrons. The zero-order valence-corrected chi connectivity index (χ0v) is 12.7. The highest BCUT2D eigenvalue weighted by Gasteiger charge is 2.30. The molecular formula is C15H17N3O2S. The Labute approximate surface area is 127 Å². The summed E-state index contributed by atoms with van der Waals surface area (Å²) in [6.07, 6.45) is 4.32. The van der Waals surface area contributed by atoms with Gasteiger partial charge in [-0.3, -0.25) is 9.59 Å². The maximum atomic E-state index is 12.1. The normalized spacial score (nSPS) is 18.6. The van der Waals surface area contributed by atoms with Gasteiger partial charge in [-0.15, -0.1) is 0 Å². The van der Waals surface area contributed by atoms with Crippen molar-refractivity contribution in [3.63, 3.8) is 0 Å². The minimum absolute atomic E-state index is 0.114. The average molecular weight is 303 g/mol. The fourth-order valence-corrected chi connectivity index (χ4v) is 3.34. The predicted octanol–water partition coefficient (Wildman–Crippen LogP) is 1.96. The Kier molecular flexibility index (Phi) is 3.96. The summed E-state index contributed by atoms with van der Waals surface area (Å²) in [5, 5.41) is 0.114. The average Bonchev–Trinajstić information content (AvgIpc) is 3.02. The van der Waals surface area contributed by atoms with Crippen molar-refractivity contribution in [2.45, 2.75) is 19.9 Å². The van der Waals surface area contributed by atoms with Gasteiger partial charge in [0, 0.05) is 31.8 Å². The van der Waals surface area contributed by atoms with E-state index in [2.05, 4.69) is 4.98 Å². The van der Waals surface area contributed by atoms with Crippen LogP contribution in [0, 0.1) is 5.92 Å². The third-order valence-corrected chi connectivity index (χ3v) is 4.71. The van der Waals surface area contributed by atoms with Gasteiger partial charge in [0.2, 0.25) is 5.91 Å². The summed E-state index contributed by atoms with van der Waals surface area (Å²) in [5.41, 5.74) is 1.90. The zero-order valence-electron chi connectivity index (χ0n) is 11.9. The molecule has 21 heavy (non-hydrogen) atoms. The highest BCUT2D eigenvalue weighted by Crippen LogP contribution is 2.24. The van der Waals surface area contributed by atoms with Crippen LogP contribution in [-0.4, -0.2) is 37.6 Å². The second-order valence-electron chi connectivity index (χ2n) is 5.33. The highest BCUT2D eigenvalue weighted by molar-refractivity contribution is 8.13. The summed E-state index contributed by atoms with van der Waals surface area (Å²) in [6, 6.07) is 5.85. The smallest absolute Gasteiger partial charge is 0.223 e. The van der Waals surface area contributed by atoms with Crippen molar-refractivity contribution in [1.82, 2.24) is 14.3 Å². The van der Waals surface area contributed by atoms with Crippen molar-refractivity contribution in [1.29, 1.82) is 0 Å². The number of aromatic nitrogens is 2. The van der Waals surface area contributed by atoms with E-state index < -0.39 is 0 Å². The van der Waals surface area contributed by atoms with Crippen molar-refractivity contribution >= 4 is 28.4 Å². The Morgan fingerprint density at radius 2 is 2.33 bits per heavy atom. The second-order valence-corrected chi connectivity index (χ2v) is 6.52. The Hall–Kier alpha value is -1.82. The molecule has 1 unspecified atom stereocenters. The minimum atomic E-state index is 0.114. The molecule has 1 atom stereocenters. The number of carbonyl (C=O) groups is 2. The number of likely N-dealkylation sites (tertiary alicyclic amines) is 1. The molecule has 6 heteroatoms. The van der Waals surface area contributed by atoms with Crippen molar-refractivity contribution < 1.29 is 9.59 Å². The van der Waals surface area contributed by atoms with Crippen LogP contribution in [0.15, 0.2) is 30.6 Å². The van der Waals surface area contributed by atoms with E-state index in [4.69, 9.17) is 0 Å². The molecule has 2 aromatic heterocycles. The molecule has 0 spiro atoms. The molecule has 0 saturated carbocycles. The molecule has 3 rings (SSSR count). The Bertz CT molecular complexity index is 682. The summed E-state index contributed by atoms with van der Waals surface area (Å²) in [5.74, 6) is 1.16. The number of fused-ring (bicyclic) bond motifs is 1. The minimum Gasteiger partial charge on any atom is -0.336 e. The van der Waals surface area contributed by atoms with Gasteiger partial charge < -0.3 is 9.30 Å². The van der Waals surface area contributed by atoms with Gasteiger partial charge in [0.25, 0.3) is 0 Å². The fraction of sp³-hybridized carbons (Fsp3) is 0.400. The van der Waals surface area contributed by atoms with Crippen LogP contribution < -0.4 is 0 Å². The number of thioether (sulfide) groups is 1. The number of amides is 1. The number of hydrogen-bond donors (Lipinski definition) is 0. The van der Waals surface area contributed by atoms with Gasteiger partial charge in [0.15, 0.2) is 5.12 Å². The molecular weight excluding hydrogens is 286 g/mol. The fourth-order valence-electron chi connectivity index (χ4n) is 2.65. The SMILES string of the molecule is CC(=O)SCC1CC(=O)N(Cc2cnc3ccccn23)C1. The maximum Gasteiger partial charge on any atom is 0.223 e. The molecule has 0 N–H and O–H groups in total. The lowest BCUT2D eigenvalue weighted by molar-refractivity contribution is -0.128. The molecule has 0 bridgehead atoms. The molecule has 1 amide bonds. The van der Waals surface area contributed by atoms with Crippen molar-refractivity contribution in [2.75, 3.05) is 12.3 Å². The van der Waals surface area contributed by atoms with Crippen LogP contribution >= 0.6 is 11.8 Å². The Morgan fingerprint density at radius 3 is 3.14 bits per heavy atom. The first-order valence-electron chi connectivity index (χ1n) is 6.95. The van der Waals surface area contributed by atoms with Crippen LogP contribution in [0.25, 0.3) is 5.65 Å². The lowest BCUT2D eigenvalue weighted by atomic mass is 10.1. The van der Waals surface area contributed by atoms with Crippen LogP contribution in [0.3, 0.4) is 0 Å². The van der Waals surface area contributed by atoms with E-state index in [1.54, 1.807) is 6.92 Å². The van der Waals surface area contributed by atoms with Gasteiger partial charge in [-0.1, -0.05) is 17.8 Å². The van der Waals surface area contributed by atoms with E-state index >= 15 is 0 Å². The molecule has 0 aromatic carbocycles. The molecule has 5 nitrogen and oxygen atoms in total. The molecule has 0 aliphatic carbocycles. The number of hydrogen-bond acceptors (Lipinski definition) is 4. The molecule has 2 aromatic rings. The largest absolute Gasteiger partial charge is 0.336 e. The number of pyridine rings is 1. The van der Waals surface area contributed by atoms with E-state index in [0.717, 1.165) is 23.6 Å². The molecule has 1 aliphatic heterocycles. The summed E-state index contributed by atoms with van der Waals surface area (Å²) < 4.78 is 2.00. The van der Waals surface area contributed by atoms with Crippen molar-refractivity contribution in [3.8, 4) is 0 Å². The monoisotopic (exact) mass is 303 g/mol. The standard InChI is InChI=1S/C15H17N3O2S/c1-11(19)21-10-12-6-15(20)17(8-12)9-13-7-16-14-4-2-3-5-18(13)14/h2-5,7,12H,6,8-10H2,1H3. The van der Waals surface area contributed by atoms with E-state index in [1.165, 1.54) is 11.8 Å². The maximum absolute atomic E-state index is 12.1. The molecule has 1 aliphatic rings. The van der Waals surface area contributed by atoms with Crippen LogP contribution in [0.4, 0.5) is 0 Å². The first-order chi connectivity index (χ1) is 10.1. The van der Waals surface area contributed by atoms with E-state index in [0.29, 0.717) is 13.0 Å². The van der Waals surface area contributed by atoms with Crippen LogP contribution in [-0.2, 0) is 16.1 Å². The number of nitrogens with zero attached hydrogens (tertiary/aromatic N) is 3. The van der Waals surface area contributed by atoms with Gasteiger partial charge in [0.1, 0.15) is 5.65 Å². The number of carbonyl (C=O) groups excluding carboxylic acids is 2. The van der Waals surface area contributed by atoms with Crippen LogP contribution in [0.2, 0.25) is 0 Å². The number of rotatable bonds is 4. The highest BCUT2D eigenvalue weighted by atomic mass is 32.2. The van der Waals surface area contributed by atoms with Crippen LogP contribution in [0.5, 0.6) is 0 Å². The first kappa shape index (κ1) is 14.1. The Morgan fingerprint density at radius 1 is 1.48 bits per heavy atom. The second kappa shape index (κ2) is 5.89. The first-order valence-corrected chi connectivity index (χ1v) is 7.94. The van der Waals surface area contributed by atoms with Gasteiger partial charge in [-0.25, -0.2) is 4.98 Å². The Balaban J connectivity index is 1.68. The van der Waals surface area contributed by atoms with Crippen molar-refractivity contribution in [2.24, 2.45) is 5.92 Å². The van der Waals surface area contributed by atoms with E-state index in [1.807, 2.05) is 39.9 Å². The van der Waals surface area contributed by atoms with Crippen LogP contribution in [0.1, 0.15) is 19.0 Å². The molecule has 0 radical (unpaired) electrons. The lowest BCUT2D eigenvalue weighted by Gasteiger charge is -2.16. The summed E-state index contributed by atoms with van der Waals surface area (Å²) >= 11 is 1.31. The number of imidazole rings is 1.